The number of anilines is 1. The molecule has 1 amide bonds. The van der Waals surface area contributed by atoms with Gasteiger partial charge in [0.2, 0.25) is 11.0 Å². The number of carbonyl (C=O) groups is 1. The van der Waals surface area contributed by atoms with Crippen molar-refractivity contribution in [3.05, 3.63) is 29.8 Å². The first kappa shape index (κ1) is 18.9. The van der Waals surface area contributed by atoms with Crippen LogP contribution in [0, 0.1) is 6.92 Å². The van der Waals surface area contributed by atoms with Gasteiger partial charge in [0.25, 0.3) is 0 Å². The molecule has 0 spiro atoms. The van der Waals surface area contributed by atoms with Gasteiger partial charge in [-0.15, -0.1) is 10.2 Å². The molecule has 0 aliphatic carbocycles. The molecule has 0 bridgehead atoms. The lowest BCUT2D eigenvalue weighted by atomic mass is 10.2. The van der Waals surface area contributed by atoms with Crippen LogP contribution in [0.15, 0.2) is 33.5 Å². The Morgan fingerprint density at radius 2 is 1.96 bits per heavy atom. The van der Waals surface area contributed by atoms with Crippen molar-refractivity contribution >= 4 is 44.0 Å². The molecule has 1 N–H and O–H groups in total. The molecular weight excluding hydrogens is 366 g/mol. The number of sulfone groups is 1. The number of aromatic nitrogens is 2. The van der Waals surface area contributed by atoms with E-state index in [9.17, 15) is 13.2 Å². The van der Waals surface area contributed by atoms with Crippen molar-refractivity contribution in [2.75, 3.05) is 11.1 Å². The van der Waals surface area contributed by atoms with E-state index in [2.05, 4.69) is 29.4 Å². The summed E-state index contributed by atoms with van der Waals surface area (Å²) in [5, 5.41) is 11.1. The van der Waals surface area contributed by atoms with Gasteiger partial charge in [-0.3, -0.25) is 10.1 Å². The first-order valence-electron chi connectivity index (χ1n) is 7.39. The molecule has 1 atom stereocenters. The van der Waals surface area contributed by atoms with Crippen LogP contribution in [0.5, 0.6) is 0 Å². The van der Waals surface area contributed by atoms with E-state index < -0.39 is 21.5 Å². The van der Waals surface area contributed by atoms with E-state index in [4.69, 9.17) is 0 Å². The van der Waals surface area contributed by atoms with E-state index >= 15 is 0 Å². The molecule has 0 saturated heterocycles. The van der Waals surface area contributed by atoms with Gasteiger partial charge in [-0.05, 0) is 25.5 Å². The Morgan fingerprint density at radius 1 is 1.29 bits per heavy atom. The number of nitrogens with zero attached hydrogens (tertiary/aromatic N) is 2. The second kappa shape index (κ2) is 8.09. The molecule has 0 aliphatic heterocycles. The maximum absolute atomic E-state index is 12.2. The largest absolute Gasteiger partial charge is 0.300 e. The number of thioether (sulfide) groups is 1. The topological polar surface area (TPSA) is 89.0 Å². The molecular formula is C15H19N3O3S3. The third-order valence-electron chi connectivity index (χ3n) is 3.23. The molecule has 6 nitrogen and oxygen atoms in total. The Hall–Kier alpha value is -1.45. The first-order valence-corrected chi connectivity index (χ1v) is 10.7. The minimum Gasteiger partial charge on any atom is -0.300 e. The van der Waals surface area contributed by atoms with Crippen LogP contribution in [0.2, 0.25) is 0 Å². The Morgan fingerprint density at radius 3 is 2.58 bits per heavy atom. The molecule has 1 aromatic carbocycles. The van der Waals surface area contributed by atoms with Crippen molar-refractivity contribution in [3.8, 4) is 0 Å². The number of aryl methyl sites for hydroxylation is 1. The predicted octanol–water partition coefficient (Wildman–Crippen LogP) is 3.15. The lowest BCUT2D eigenvalue weighted by Crippen LogP contribution is -2.23. The van der Waals surface area contributed by atoms with E-state index in [-0.39, 0.29) is 4.90 Å². The summed E-state index contributed by atoms with van der Waals surface area (Å²) in [6, 6.07) is 6.41. The predicted molar refractivity (Wildman–Crippen MR) is 97.4 cm³/mol. The minimum atomic E-state index is -3.67. The van der Waals surface area contributed by atoms with Gasteiger partial charge in [0, 0.05) is 5.25 Å². The van der Waals surface area contributed by atoms with Crippen LogP contribution in [0.1, 0.15) is 25.8 Å². The third kappa shape index (κ3) is 5.29. The van der Waals surface area contributed by atoms with Crippen LogP contribution in [-0.4, -0.2) is 35.5 Å². The maximum atomic E-state index is 12.2. The first-order chi connectivity index (χ1) is 11.3. The van der Waals surface area contributed by atoms with Gasteiger partial charge < -0.3 is 0 Å². The molecule has 0 fully saturated rings. The Balaban J connectivity index is 1.99. The summed E-state index contributed by atoms with van der Waals surface area (Å²) in [5.41, 5.74) is 0.957. The SMILES string of the molecule is CCC(C)Sc1nnc(NC(=O)CS(=O)(=O)c2ccc(C)cc2)s1. The molecule has 1 heterocycles. The molecule has 0 aliphatic rings. The fraction of sp³-hybridized carbons (Fsp3) is 0.400. The number of benzene rings is 1. The van der Waals surface area contributed by atoms with Crippen molar-refractivity contribution in [3.63, 3.8) is 0 Å². The summed E-state index contributed by atoms with van der Waals surface area (Å²) >= 11 is 2.82. The zero-order chi connectivity index (χ0) is 17.7. The summed E-state index contributed by atoms with van der Waals surface area (Å²) < 4.78 is 25.2. The Labute approximate surface area is 150 Å². The zero-order valence-corrected chi connectivity index (χ0v) is 16.1. The van der Waals surface area contributed by atoms with Crippen molar-refractivity contribution in [2.45, 2.75) is 41.7 Å². The molecule has 2 aromatic rings. The normalized spacial score (nSPS) is 12.8. The van der Waals surface area contributed by atoms with E-state index in [1.54, 1.807) is 23.9 Å². The summed E-state index contributed by atoms with van der Waals surface area (Å²) in [6.07, 6.45) is 1.00. The van der Waals surface area contributed by atoms with Gasteiger partial charge in [0.05, 0.1) is 4.90 Å². The Bertz CT molecular complexity index is 801. The average Bonchev–Trinajstić information content (AvgIpc) is 2.93. The fourth-order valence-corrected chi connectivity index (χ4v) is 4.87. The van der Waals surface area contributed by atoms with E-state index in [0.717, 1.165) is 16.3 Å². The van der Waals surface area contributed by atoms with Crippen molar-refractivity contribution < 1.29 is 13.2 Å². The lowest BCUT2D eigenvalue weighted by molar-refractivity contribution is -0.113. The van der Waals surface area contributed by atoms with Gasteiger partial charge in [0.15, 0.2) is 14.2 Å². The fourth-order valence-electron chi connectivity index (χ4n) is 1.72. The summed E-state index contributed by atoms with van der Waals surface area (Å²) in [6.45, 7) is 6.03. The molecule has 9 heteroatoms. The van der Waals surface area contributed by atoms with Crippen LogP contribution in [0.25, 0.3) is 0 Å². The third-order valence-corrected chi connectivity index (χ3v) is 7.05. The minimum absolute atomic E-state index is 0.133. The van der Waals surface area contributed by atoms with E-state index in [0.29, 0.717) is 10.4 Å². The van der Waals surface area contributed by atoms with Crippen molar-refractivity contribution in [2.24, 2.45) is 0 Å². The van der Waals surface area contributed by atoms with Crippen molar-refractivity contribution in [1.29, 1.82) is 0 Å². The number of hydrogen-bond acceptors (Lipinski definition) is 7. The van der Waals surface area contributed by atoms with Crippen molar-refractivity contribution in [1.82, 2.24) is 10.2 Å². The van der Waals surface area contributed by atoms with E-state index in [1.165, 1.54) is 23.5 Å². The molecule has 130 valence electrons. The highest BCUT2D eigenvalue weighted by Gasteiger charge is 2.20. The molecule has 1 unspecified atom stereocenters. The maximum Gasteiger partial charge on any atom is 0.241 e. The standard InChI is InChI=1S/C15H19N3O3S3/c1-4-11(3)22-15-18-17-14(23-15)16-13(19)9-24(20,21)12-7-5-10(2)6-8-12/h5-8,11H,4,9H2,1-3H3,(H,16,17,19). The molecule has 24 heavy (non-hydrogen) atoms. The van der Waals surface area contributed by atoms with Gasteiger partial charge in [-0.2, -0.15) is 0 Å². The van der Waals surface area contributed by atoms with Gasteiger partial charge >= 0.3 is 0 Å². The average molecular weight is 386 g/mol. The molecule has 2 rings (SSSR count). The van der Waals surface area contributed by atoms with Crippen LogP contribution in [0.3, 0.4) is 0 Å². The molecule has 1 aromatic heterocycles. The van der Waals surface area contributed by atoms with Gasteiger partial charge in [-0.1, -0.05) is 54.6 Å². The summed E-state index contributed by atoms with van der Waals surface area (Å²) in [5.74, 6) is -1.24. The number of carbonyl (C=O) groups excluding carboxylic acids is 1. The summed E-state index contributed by atoms with van der Waals surface area (Å²) in [7, 11) is -3.67. The molecule has 0 saturated carbocycles. The van der Waals surface area contributed by atoms with Crippen LogP contribution in [0.4, 0.5) is 5.13 Å². The smallest absolute Gasteiger partial charge is 0.241 e. The van der Waals surface area contributed by atoms with Crippen LogP contribution in [-0.2, 0) is 14.6 Å². The van der Waals surface area contributed by atoms with Gasteiger partial charge in [0.1, 0.15) is 5.75 Å². The van der Waals surface area contributed by atoms with Crippen LogP contribution >= 0.6 is 23.1 Å². The molecule has 0 radical (unpaired) electrons. The highest BCUT2D eigenvalue weighted by molar-refractivity contribution is 8.01. The number of nitrogens with one attached hydrogen (secondary N) is 1. The highest BCUT2D eigenvalue weighted by Crippen LogP contribution is 2.29. The lowest BCUT2D eigenvalue weighted by Gasteiger charge is -2.04. The number of hydrogen-bond donors (Lipinski definition) is 1. The van der Waals surface area contributed by atoms with E-state index in [1.807, 2.05) is 6.92 Å². The number of amides is 1. The van der Waals surface area contributed by atoms with Gasteiger partial charge in [-0.25, -0.2) is 8.42 Å². The number of rotatable bonds is 7. The summed E-state index contributed by atoms with van der Waals surface area (Å²) in [4.78, 5) is 12.1. The second-order valence-corrected chi connectivity index (χ2v) is 9.98. The monoisotopic (exact) mass is 385 g/mol. The Kier molecular flexibility index (Phi) is 6.36. The quantitative estimate of drug-likeness (QED) is 0.582. The highest BCUT2D eigenvalue weighted by atomic mass is 32.2. The second-order valence-electron chi connectivity index (χ2n) is 5.33. The zero-order valence-electron chi connectivity index (χ0n) is 13.6. The van der Waals surface area contributed by atoms with Crippen LogP contribution < -0.4 is 5.32 Å².